The summed E-state index contributed by atoms with van der Waals surface area (Å²) < 4.78 is 69.0. The van der Waals surface area contributed by atoms with Crippen molar-refractivity contribution >= 4 is 21.6 Å². The summed E-state index contributed by atoms with van der Waals surface area (Å²) >= 11 is 0. The van der Waals surface area contributed by atoms with Gasteiger partial charge in [-0.1, -0.05) is 18.2 Å². The smallest absolute Gasteiger partial charge is 0.351 e. The van der Waals surface area contributed by atoms with Crippen LogP contribution in [0, 0.1) is 0 Å². The summed E-state index contributed by atoms with van der Waals surface area (Å²) in [5.74, 6) is -0.330. The molecule has 2 aromatic carbocycles. The molecule has 10 heteroatoms. The van der Waals surface area contributed by atoms with Gasteiger partial charge in [-0.05, 0) is 55.3 Å². The summed E-state index contributed by atoms with van der Waals surface area (Å²) in [5, 5.41) is 0. The molecule has 0 unspecified atom stereocenters. The van der Waals surface area contributed by atoms with Gasteiger partial charge in [0.05, 0.1) is 21.7 Å². The molecule has 1 aliphatic rings. The zero-order chi connectivity index (χ0) is 23.6. The topological polar surface area (TPSA) is 71.4 Å². The van der Waals surface area contributed by atoms with Gasteiger partial charge in [0.25, 0.3) is 15.9 Å². The number of nitrogens with one attached hydrogen (secondary N) is 1. The van der Waals surface area contributed by atoms with Crippen molar-refractivity contribution in [3.8, 4) is 0 Å². The van der Waals surface area contributed by atoms with Crippen LogP contribution in [0.1, 0.15) is 34.8 Å². The molecule has 0 saturated carbocycles. The number of rotatable bonds is 5. The van der Waals surface area contributed by atoms with Crippen molar-refractivity contribution in [1.29, 1.82) is 0 Å². The Balaban J connectivity index is 1.53. The number of aromatic nitrogens is 1. The van der Waals surface area contributed by atoms with Crippen LogP contribution >= 0.6 is 0 Å². The van der Waals surface area contributed by atoms with E-state index in [1.807, 2.05) is 24.5 Å². The van der Waals surface area contributed by atoms with Crippen LogP contribution in [0.25, 0.3) is 0 Å². The first-order valence-electron chi connectivity index (χ1n) is 10.4. The third-order valence-corrected chi connectivity index (χ3v) is 7.04. The van der Waals surface area contributed by atoms with Crippen molar-refractivity contribution < 1.29 is 26.4 Å². The van der Waals surface area contributed by atoms with Gasteiger partial charge in [0.2, 0.25) is 0 Å². The highest BCUT2D eigenvalue weighted by Crippen LogP contribution is 2.31. The molecule has 0 spiro atoms. The largest absolute Gasteiger partial charge is 0.416 e. The Kier molecular flexibility index (Phi) is 6.20. The van der Waals surface area contributed by atoms with Gasteiger partial charge in [0.1, 0.15) is 0 Å². The third kappa shape index (κ3) is 5.05. The number of hydrogen-bond donors (Lipinski definition) is 1. The summed E-state index contributed by atoms with van der Waals surface area (Å²) in [4.78, 5) is 14.3. The molecule has 0 radical (unpaired) electrons. The lowest BCUT2D eigenvalue weighted by molar-refractivity contribution is -0.137. The maximum absolute atomic E-state index is 13.2. The molecule has 1 aliphatic heterocycles. The fraction of sp³-hybridized carbons (Fsp3) is 0.261. The number of nitrogens with zero attached hydrogens (tertiary/aromatic N) is 2. The lowest BCUT2D eigenvalue weighted by Gasteiger charge is -2.33. The van der Waals surface area contributed by atoms with Crippen LogP contribution in [0.4, 0.5) is 18.9 Å². The number of piperidine rings is 1. The van der Waals surface area contributed by atoms with E-state index in [4.69, 9.17) is 0 Å². The molecule has 0 bridgehead atoms. The molecule has 0 aliphatic carbocycles. The molecule has 6 nitrogen and oxygen atoms in total. The van der Waals surface area contributed by atoms with Gasteiger partial charge >= 0.3 is 6.18 Å². The van der Waals surface area contributed by atoms with Crippen molar-refractivity contribution in [2.24, 2.45) is 0 Å². The number of hydrogen-bond acceptors (Lipinski definition) is 3. The van der Waals surface area contributed by atoms with E-state index in [9.17, 15) is 26.4 Å². The van der Waals surface area contributed by atoms with Gasteiger partial charge in [-0.15, -0.1) is 0 Å². The van der Waals surface area contributed by atoms with Gasteiger partial charge in [0, 0.05) is 31.5 Å². The average molecular weight is 478 g/mol. The Hall–Kier alpha value is -3.27. The van der Waals surface area contributed by atoms with Crippen molar-refractivity contribution in [2.75, 3.05) is 17.8 Å². The first-order chi connectivity index (χ1) is 15.6. The number of benzene rings is 2. The van der Waals surface area contributed by atoms with E-state index in [2.05, 4.69) is 9.29 Å². The number of carbonyl (C=O) groups excluding carboxylic acids is 1. The maximum Gasteiger partial charge on any atom is 0.416 e. The summed E-state index contributed by atoms with van der Waals surface area (Å²) in [5.41, 5.74) is -0.903. The molecule has 33 heavy (non-hydrogen) atoms. The highest BCUT2D eigenvalue weighted by atomic mass is 32.2. The monoisotopic (exact) mass is 477 g/mol. The average Bonchev–Trinajstić information content (AvgIpc) is 3.33. The van der Waals surface area contributed by atoms with Crippen LogP contribution in [0.2, 0.25) is 0 Å². The van der Waals surface area contributed by atoms with E-state index in [0.717, 1.165) is 31.0 Å². The lowest BCUT2D eigenvalue weighted by atomic mass is 10.0. The summed E-state index contributed by atoms with van der Waals surface area (Å²) in [7, 11) is -4.35. The molecule has 0 atom stereocenters. The zero-order valence-electron chi connectivity index (χ0n) is 17.5. The van der Waals surface area contributed by atoms with Crippen molar-refractivity contribution in [1.82, 2.24) is 9.47 Å². The predicted molar refractivity (Wildman–Crippen MR) is 117 cm³/mol. The highest BCUT2D eigenvalue weighted by Gasteiger charge is 2.32. The second-order valence-electron chi connectivity index (χ2n) is 7.83. The van der Waals surface area contributed by atoms with E-state index >= 15 is 0 Å². The molecule has 2 heterocycles. The zero-order valence-corrected chi connectivity index (χ0v) is 18.3. The number of halogens is 3. The summed E-state index contributed by atoms with van der Waals surface area (Å²) in [6.45, 7) is 1.02. The number of likely N-dealkylation sites (tertiary alicyclic amines) is 1. The number of amides is 1. The summed E-state index contributed by atoms with van der Waals surface area (Å²) in [6.07, 6.45) is 0.823. The van der Waals surface area contributed by atoms with Crippen LogP contribution in [0.3, 0.4) is 0 Å². The minimum atomic E-state index is -4.67. The van der Waals surface area contributed by atoms with Gasteiger partial charge in [-0.25, -0.2) is 8.42 Å². The first-order valence-corrected chi connectivity index (χ1v) is 11.8. The van der Waals surface area contributed by atoms with E-state index in [1.165, 1.54) is 12.1 Å². The van der Waals surface area contributed by atoms with Crippen LogP contribution in [0.15, 0.2) is 78.0 Å². The number of carbonyl (C=O) groups is 1. The Labute approximate surface area is 189 Å². The molecular formula is C23H22F3N3O3S. The minimum absolute atomic E-state index is 0.0208. The SMILES string of the molecule is O=C(c1ccccc1NS(=O)(=O)c1cccc(C(F)(F)F)c1)N1CCC(n2cccc2)CC1. The van der Waals surface area contributed by atoms with E-state index in [0.29, 0.717) is 25.2 Å². The van der Waals surface area contributed by atoms with Crippen molar-refractivity contribution in [2.45, 2.75) is 30.0 Å². The third-order valence-electron chi connectivity index (χ3n) is 5.67. The molecule has 3 aromatic rings. The van der Waals surface area contributed by atoms with Crippen LogP contribution in [-0.4, -0.2) is 36.9 Å². The van der Waals surface area contributed by atoms with Gasteiger partial charge < -0.3 is 9.47 Å². The molecule has 1 amide bonds. The Morgan fingerprint density at radius 3 is 2.27 bits per heavy atom. The molecular weight excluding hydrogens is 455 g/mol. The summed E-state index contributed by atoms with van der Waals surface area (Å²) in [6, 6.07) is 13.8. The quantitative estimate of drug-likeness (QED) is 0.575. The Morgan fingerprint density at radius 2 is 1.61 bits per heavy atom. The van der Waals surface area contributed by atoms with Gasteiger partial charge in [-0.3, -0.25) is 9.52 Å². The molecule has 4 rings (SSSR count). The minimum Gasteiger partial charge on any atom is -0.351 e. The van der Waals surface area contributed by atoms with Gasteiger partial charge in [-0.2, -0.15) is 13.2 Å². The Bertz CT molecular complexity index is 1230. The molecule has 1 saturated heterocycles. The van der Waals surface area contributed by atoms with E-state index in [-0.39, 0.29) is 17.2 Å². The van der Waals surface area contributed by atoms with E-state index < -0.39 is 26.7 Å². The second kappa shape index (κ2) is 8.93. The number of anilines is 1. The van der Waals surface area contributed by atoms with Crippen LogP contribution in [0.5, 0.6) is 0 Å². The lowest BCUT2D eigenvalue weighted by Crippen LogP contribution is -2.39. The van der Waals surface area contributed by atoms with Crippen LogP contribution in [-0.2, 0) is 16.2 Å². The first kappa shape index (κ1) is 22.9. The Morgan fingerprint density at radius 1 is 0.939 bits per heavy atom. The highest BCUT2D eigenvalue weighted by molar-refractivity contribution is 7.92. The number of para-hydroxylation sites is 1. The fourth-order valence-electron chi connectivity index (χ4n) is 3.93. The van der Waals surface area contributed by atoms with E-state index in [1.54, 1.807) is 17.0 Å². The number of sulfonamides is 1. The van der Waals surface area contributed by atoms with Crippen molar-refractivity contribution in [3.63, 3.8) is 0 Å². The predicted octanol–water partition coefficient (Wildman–Crippen LogP) is 4.79. The molecule has 1 aromatic heterocycles. The number of alkyl halides is 3. The maximum atomic E-state index is 13.2. The standard InChI is InChI=1S/C23H22F3N3O3S/c24-23(25,26)17-6-5-7-19(16-17)33(31,32)27-21-9-2-1-8-20(21)22(30)29-14-10-18(11-15-29)28-12-3-4-13-28/h1-9,12-13,16,18,27H,10-11,14-15H2. The van der Waals surface area contributed by atoms with Crippen LogP contribution < -0.4 is 4.72 Å². The fourth-order valence-corrected chi connectivity index (χ4v) is 5.06. The molecule has 1 N–H and O–H groups in total. The normalized spacial score (nSPS) is 15.4. The molecule has 1 fully saturated rings. The second-order valence-corrected chi connectivity index (χ2v) is 9.51. The molecule has 174 valence electrons. The van der Waals surface area contributed by atoms with Crippen molar-refractivity contribution in [3.05, 3.63) is 84.2 Å². The van der Waals surface area contributed by atoms with Gasteiger partial charge in [0.15, 0.2) is 0 Å².